The molecule has 0 heterocycles. The van der Waals surface area contributed by atoms with Crippen molar-refractivity contribution < 1.29 is 17.2 Å². The summed E-state index contributed by atoms with van der Waals surface area (Å²) in [5.41, 5.74) is 0. The van der Waals surface area contributed by atoms with Crippen LogP contribution in [0.2, 0.25) is 0 Å². The smallest absolute Gasteiger partial charge is 1.00 e. The average molecular weight is 281 g/mol. The van der Waals surface area contributed by atoms with E-state index in [1.54, 1.807) is 0 Å². The van der Waals surface area contributed by atoms with E-state index in [9.17, 15) is 14.4 Å². The number of carbonyl (C=O) groups excluding carboxylic acids is 3. The van der Waals surface area contributed by atoms with Crippen molar-refractivity contribution >= 4 is 66.2 Å². The summed E-state index contributed by atoms with van der Waals surface area (Å²) in [4.78, 5) is 31.8. The number of rotatable bonds is 3. The monoisotopic (exact) mass is 282 g/mol. The molecule has 0 saturated carbocycles. The van der Waals surface area contributed by atoms with Crippen molar-refractivity contribution in [3.8, 4) is 0 Å². The first-order valence-corrected chi connectivity index (χ1v) is 2.98. The summed E-state index contributed by atoms with van der Waals surface area (Å²) < 4.78 is 0. The Labute approximate surface area is 109 Å². The van der Waals surface area contributed by atoms with E-state index in [1.807, 2.05) is 0 Å². The van der Waals surface area contributed by atoms with Crippen LogP contribution in [0, 0.1) is 5.92 Å². The molecule has 60 valence electrons. The molecule has 0 unspecified atom stereocenters. The quantitative estimate of drug-likeness (QED) is 0.549. The van der Waals surface area contributed by atoms with E-state index in [0.29, 0.717) is 0 Å². The van der Waals surface area contributed by atoms with Gasteiger partial charge in [-0.2, -0.15) is 0 Å². The van der Waals surface area contributed by atoms with Crippen LogP contribution in [0.1, 0.15) is 23.6 Å². The largest absolute Gasteiger partial charge is 2.00 e. The van der Waals surface area contributed by atoms with Crippen LogP contribution in [0.3, 0.4) is 0 Å². The topological polar surface area (TPSA) is 51.2 Å². The molecule has 0 fully saturated rings. The Morgan fingerprint density at radius 1 is 0.909 bits per heavy atom. The molecule has 0 aromatic heterocycles. The van der Waals surface area contributed by atoms with Crippen LogP contribution in [-0.2, 0) is 14.4 Å². The fraction of sp³-hybridized carbons (Fsp3) is 0.571. The van der Waals surface area contributed by atoms with Gasteiger partial charge in [0.05, 0.1) is 0 Å². The molecular formula is C7H12BaO3. The molecule has 0 spiro atoms. The maximum absolute atomic E-state index is 10.6. The van der Waals surface area contributed by atoms with Gasteiger partial charge in [0.1, 0.15) is 23.3 Å². The zero-order valence-corrected chi connectivity index (χ0v) is 11.4. The second-order valence-electron chi connectivity index (χ2n) is 2.26. The SMILES string of the molecule is CC(=O)C(C(C)=O)C(C)=O.[Ba+2].[H-].[H-]. The van der Waals surface area contributed by atoms with Gasteiger partial charge in [0.2, 0.25) is 0 Å². The predicted molar refractivity (Wildman–Crippen MR) is 43.5 cm³/mol. The number of ketones is 3. The van der Waals surface area contributed by atoms with E-state index in [0.717, 1.165) is 0 Å². The fourth-order valence-electron chi connectivity index (χ4n) is 0.859. The van der Waals surface area contributed by atoms with Crippen LogP contribution in [0.15, 0.2) is 0 Å². The van der Waals surface area contributed by atoms with Crippen LogP contribution in [0.25, 0.3) is 0 Å². The van der Waals surface area contributed by atoms with Gasteiger partial charge in [-0.25, -0.2) is 0 Å². The van der Waals surface area contributed by atoms with Crippen molar-refractivity contribution in [1.82, 2.24) is 0 Å². The minimum absolute atomic E-state index is 0. The Balaban J connectivity index is -0.000000135. The maximum Gasteiger partial charge on any atom is 2.00 e. The Morgan fingerprint density at radius 2 is 1.09 bits per heavy atom. The van der Waals surface area contributed by atoms with Crippen molar-refractivity contribution in [1.29, 1.82) is 0 Å². The van der Waals surface area contributed by atoms with Gasteiger partial charge in [-0.1, -0.05) is 0 Å². The molecule has 0 bridgehead atoms. The number of hydrogen-bond acceptors (Lipinski definition) is 3. The third kappa shape index (κ3) is 4.92. The minimum Gasteiger partial charge on any atom is -1.00 e. The van der Waals surface area contributed by atoms with Gasteiger partial charge in [0, 0.05) is 0 Å². The standard InChI is InChI=1S/C7H10O3.Ba.2H/c1-4(8)7(5(2)9)6(3)10;;;/h7H,1-3H3;;;/q;+2;2*-1. The van der Waals surface area contributed by atoms with E-state index in [2.05, 4.69) is 0 Å². The van der Waals surface area contributed by atoms with E-state index in [4.69, 9.17) is 0 Å². The summed E-state index contributed by atoms with van der Waals surface area (Å²) in [6.07, 6.45) is 0. The third-order valence-electron chi connectivity index (χ3n) is 1.22. The van der Waals surface area contributed by atoms with Gasteiger partial charge in [-0.15, -0.1) is 0 Å². The fourth-order valence-corrected chi connectivity index (χ4v) is 0.859. The maximum atomic E-state index is 10.6. The molecule has 0 aliphatic heterocycles. The first kappa shape index (κ1) is 14.1. The molecule has 4 heteroatoms. The van der Waals surface area contributed by atoms with Crippen molar-refractivity contribution in [3.05, 3.63) is 0 Å². The van der Waals surface area contributed by atoms with Crippen molar-refractivity contribution in [3.63, 3.8) is 0 Å². The molecule has 0 aromatic rings. The molecule has 0 atom stereocenters. The molecule has 0 aromatic carbocycles. The normalized spacial score (nSPS) is 8.73. The minimum atomic E-state index is -1.03. The summed E-state index contributed by atoms with van der Waals surface area (Å²) in [6.45, 7) is 3.73. The van der Waals surface area contributed by atoms with Crippen molar-refractivity contribution in [2.45, 2.75) is 20.8 Å². The molecule has 0 amide bonds. The summed E-state index contributed by atoms with van der Waals surface area (Å²) in [5, 5.41) is 0. The molecule has 0 radical (unpaired) electrons. The molecule has 0 rings (SSSR count). The van der Waals surface area contributed by atoms with Crippen LogP contribution < -0.4 is 0 Å². The second-order valence-corrected chi connectivity index (χ2v) is 2.26. The van der Waals surface area contributed by atoms with E-state index in [1.165, 1.54) is 20.8 Å². The molecule has 0 saturated heterocycles. The molecule has 0 N–H and O–H groups in total. The van der Waals surface area contributed by atoms with Gasteiger partial charge in [0.25, 0.3) is 0 Å². The molecule has 11 heavy (non-hydrogen) atoms. The van der Waals surface area contributed by atoms with Crippen LogP contribution in [-0.4, -0.2) is 66.2 Å². The van der Waals surface area contributed by atoms with Gasteiger partial charge in [-0.05, 0) is 20.8 Å². The molecule has 3 nitrogen and oxygen atoms in total. The van der Waals surface area contributed by atoms with Crippen molar-refractivity contribution in [2.24, 2.45) is 5.92 Å². The summed E-state index contributed by atoms with van der Waals surface area (Å²) in [7, 11) is 0. The molecule has 0 aliphatic carbocycles. The molecular weight excluding hydrogens is 269 g/mol. The zero-order chi connectivity index (χ0) is 8.31. The van der Waals surface area contributed by atoms with E-state index < -0.39 is 5.92 Å². The number of carbonyl (C=O) groups is 3. The van der Waals surface area contributed by atoms with Gasteiger partial charge < -0.3 is 2.85 Å². The first-order chi connectivity index (χ1) is 4.46. The average Bonchev–Trinajstić information content (AvgIpc) is 1.59. The summed E-state index contributed by atoms with van der Waals surface area (Å²) in [6, 6.07) is 0. The Morgan fingerprint density at radius 3 is 1.09 bits per heavy atom. The Bertz CT molecular complexity index is 161. The Hall–Kier alpha value is 0.581. The van der Waals surface area contributed by atoms with Gasteiger partial charge in [-0.3, -0.25) is 14.4 Å². The van der Waals surface area contributed by atoms with Crippen LogP contribution >= 0.6 is 0 Å². The van der Waals surface area contributed by atoms with Gasteiger partial charge >= 0.3 is 48.9 Å². The predicted octanol–water partition coefficient (Wildman–Crippen LogP) is 0.214. The Kier molecular flexibility index (Phi) is 7.88. The molecule has 0 aliphatic rings. The number of hydrogen-bond donors (Lipinski definition) is 0. The van der Waals surface area contributed by atoms with Crippen molar-refractivity contribution in [2.75, 3.05) is 0 Å². The first-order valence-electron chi connectivity index (χ1n) is 2.98. The van der Waals surface area contributed by atoms with E-state index in [-0.39, 0.29) is 69.1 Å². The number of Topliss-reactive ketones (excluding diaryl/α,β-unsaturated/α-hetero) is 3. The third-order valence-corrected chi connectivity index (χ3v) is 1.22. The summed E-state index contributed by atoms with van der Waals surface area (Å²) in [5.74, 6) is -2.15. The van der Waals surface area contributed by atoms with E-state index >= 15 is 0 Å². The van der Waals surface area contributed by atoms with Crippen LogP contribution in [0.4, 0.5) is 0 Å². The van der Waals surface area contributed by atoms with Crippen LogP contribution in [0.5, 0.6) is 0 Å². The van der Waals surface area contributed by atoms with Gasteiger partial charge in [0.15, 0.2) is 0 Å². The zero-order valence-electron chi connectivity index (χ0n) is 9.01. The summed E-state index contributed by atoms with van der Waals surface area (Å²) >= 11 is 0. The second kappa shape index (κ2) is 6.14.